The van der Waals surface area contributed by atoms with Crippen molar-refractivity contribution in [2.24, 2.45) is 0 Å². The van der Waals surface area contributed by atoms with Crippen molar-refractivity contribution in [3.05, 3.63) is 170 Å². The van der Waals surface area contributed by atoms with Crippen LogP contribution < -0.4 is 0 Å². The average molecular weight is 557 g/mol. The van der Waals surface area contributed by atoms with Crippen LogP contribution in [0.15, 0.2) is 170 Å². The third kappa shape index (κ3) is 3.92. The third-order valence-electron chi connectivity index (χ3n) is 9.20. The highest BCUT2D eigenvalue weighted by atomic mass is 14.2. The van der Waals surface area contributed by atoms with Crippen molar-refractivity contribution < 1.29 is 0 Å². The molecular weight excluding hydrogens is 528 g/mol. The van der Waals surface area contributed by atoms with Crippen molar-refractivity contribution >= 4 is 53.9 Å². The summed E-state index contributed by atoms with van der Waals surface area (Å²) in [5, 5.41) is 12.7. The minimum Gasteiger partial charge on any atom is -0.0616 e. The normalized spacial score (nSPS) is 11.6. The van der Waals surface area contributed by atoms with Gasteiger partial charge in [0.25, 0.3) is 0 Å². The summed E-state index contributed by atoms with van der Waals surface area (Å²) < 4.78 is 0. The third-order valence-corrected chi connectivity index (χ3v) is 9.20. The van der Waals surface area contributed by atoms with Gasteiger partial charge in [0.2, 0.25) is 0 Å². The van der Waals surface area contributed by atoms with Gasteiger partial charge in [0.1, 0.15) is 0 Å². The summed E-state index contributed by atoms with van der Waals surface area (Å²) in [5.41, 5.74) is 7.59. The predicted molar refractivity (Wildman–Crippen MR) is 190 cm³/mol. The lowest BCUT2D eigenvalue weighted by Gasteiger charge is -2.19. The van der Waals surface area contributed by atoms with Crippen molar-refractivity contribution in [3.63, 3.8) is 0 Å². The number of fused-ring (bicyclic) bond motifs is 5. The first-order chi connectivity index (χ1) is 21.8. The standard InChI is InChI=1S/C44H28/c1-2-12-32-26-33(23-20-29(32)10-1)34-24-21-30-22-25-35(28-36(30)27-34)43-39-15-5-7-17-41(39)44(42-18-8-6-16-40(42)43)38-19-9-13-31-11-3-4-14-37(31)38/h1-28H. The fourth-order valence-corrected chi connectivity index (χ4v) is 7.12. The highest BCUT2D eigenvalue weighted by Gasteiger charge is 2.18. The zero-order valence-corrected chi connectivity index (χ0v) is 24.2. The van der Waals surface area contributed by atoms with Crippen LogP contribution in [0.3, 0.4) is 0 Å². The lowest BCUT2D eigenvalue weighted by Crippen LogP contribution is -1.91. The summed E-state index contributed by atoms with van der Waals surface area (Å²) >= 11 is 0. The van der Waals surface area contributed by atoms with Gasteiger partial charge in [0, 0.05) is 0 Å². The molecule has 0 aromatic heterocycles. The first-order valence-electron chi connectivity index (χ1n) is 15.3. The van der Waals surface area contributed by atoms with Gasteiger partial charge < -0.3 is 0 Å². The molecule has 0 aliphatic rings. The first kappa shape index (κ1) is 24.8. The molecule has 9 aromatic carbocycles. The molecular formula is C44H28. The van der Waals surface area contributed by atoms with Gasteiger partial charge in [-0.2, -0.15) is 0 Å². The van der Waals surface area contributed by atoms with Crippen LogP contribution in [0.1, 0.15) is 0 Å². The Balaban J connectivity index is 1.29. The van der Waals surface area contributed by atoms with E-state index in [1.165, 1.54) is 87.2 Å². The summed E-state index contributed by atoms with van der Waals surface area (Å²) in [6.07, 6.45) is 0. The van der Waals surface area contributed by atoms with Crippen LogP contribution in [0.4, 0.5) is 0 Å². The van der Waals surface area contributed by atoms with Gasteiger partial charge in [-0.15, -0.1) is 0 Å². The largest absolute Gasteiger partial charge is 0.0616 e. The van der Waals surface area contributed by atoms with Crippen LogP contribution in [0, 0.1) is 0 Å². The Kier molecular flexibility index (Phi) is 5.61. The molecule has 204 valence electrons. The maximum absolute atomic E-state index is 2.38. The van der Waals surface area contributed by atoms with Crippen LogP contribution in [-0.4, -0.2) is 0 Å². The first-order valence-corrected chi connectivity index (χ1v) is 15.3. The molecule has 0 fully saturated rings. The van der Waals surface area contributed by atoms with Gasteiger partial charge >= 0.3 is 0 Å². The van der Waals surface area contributed by atoms with Gasteiger partial charge in [-0.3, -0.25) is 0 Å². The topological polar surface area (TPSA) is 0 Å². The van der Waals surface area contributed by atoms with E-state index >= 15 is 0 Å². The predicted octanol–water partition coefficient (Wildman–Crippen LogP) is 12.5. The van der Waals surface area contributed by atoms with Gasteiger partial charge in [-0.05, 0) is 105 Å². The fourth-order valence-electron chi connectivity index (χ4n) is 7.12. The molecule has 0 aliphatic heterocycles. The Morgan fingerprint density at radius 3 is 1.32 bits per heavy atom. The zero-order chi connectivity index (χ0) is 29.0. The highest BCUT2D eigenvalue weighted by Crippen LogP contribution is 2.45. The number of benzene rings is 9. The summed E-state index contributed by atoms with van der Waals surface area (Å²) in [4.78, 5) is 0. The summed E-state index contributed by atoms with van der Waals surface area (Å²) in [5.74, 6) is 0. The molecule has 0 saturated heterocycles. The van der Waals surface area contributed by atoms with E-state index in [9.17, 15) is 0 Å². The van der Waals surface area contributed by atoms with E-state index in [4.69, 9.17) is 0 Å². The minimum atomic E-state index is 1.24. The fraction of sp³-hybridized carbons (Fsp3) is 0. The van der Waals surface area contributed by atoms with Crippen LogP contribution in [0.2, 0.25) is 0 Å². The molecule has 0 atom stereocenters. The summed E-state index contributed by atoms with van der Waals surface area (Å²) in [6.45, 7) is 0. The lowest BCUT2D eigenvalue weighted by atomic mass is 9.84. The molecule has 9 aromatic rings. The van der Waals surface area contributed by atoms with E-state index in [0.29, 0.717) is 0 Å². The van der Waals surface area contributed by atoms with Crippen molar-refractivity contribution in [2.75, 3.05) is 0 Å². The summed E-state index contributed by atoms with van der Waals surface area (Å²) in [6, 6.07) is 62.4. The maximum Gasteiger partial charge on any atom is -0.00201 e. The molecule has 0 spiro atoms. The van der Waals surface area contributed by atoms with E-state index in [1.807, 2.05) is 0 Å². The molecule has 0 saturated carbocycles. The SMILES string of the molecule is c1ccc2cc(-c3ccc4ccc(-c5c6ccccc6c(-c6cccc7ccccc67)c6ccccc56)cc4c3)ccc2c1. The second-order valence-electron chi connectivity index (χ2n) is 11.7. The van der Waals surface area contributed by atoms with Crippen molar-refractivity contribution in [2.45, 2.75) is 0 Å². The molecule has 44 heavy (non-hydrogen) atoms. The Morgan fingerprint density at radius 2 is 0.659 bits per heavy atom. The molecule has 9 rings (SSSR count). The molecule has 0 unspecified atom stereocenters. The van der Waals surface area contributed by atoms with E-state index in [1.54, 1.807) is 0 Å². The molecule has 0 bridgehead atoms. The molecule has 0 heteroatoms. The minimum absolute atomic E-state index is 1.24. The van der Waals surface area contributed by atoms with Gasteiger partial charge in [-0.1, -0.05) is 152 Å². The average Bonchev–Trinajstić information content (AvgIpc) is 3.09. The van der Waals surface area contributed by atoms with Crippen molar-refractivity contribution in [1.82, 2.24) is 0 Å². The Labute approximate surface area is 256 Å². The molecule has 0 aliphatic carbocycles. The van der Waals surface area contributed by atoms with Crippen LogP contribution in [0.5, 0.6) is 0 Å². The molecule has 0 nitrogen and oxygen atoms in total. The van der Waals surface area contributed by atoms with Crippen LogP contribution >= 0.6 is 0 Å². The van der Waals surface area contributed by atoms with Gasteiger partial charge in [0.05, 0.1) is 0 Å². The van der Waals surface area contributed by atoms with Crippen molar-refractivity contribution in [1.29, 1.82) is 0 Å². The van der Waals surface area contributed by atoms with E-state index in [-0.39, 0.29) is 0 Å². The molecule has 0 heterocycles. The van der Waals surface area contributed by atoms with E-state index < -0.39 is 0 Å². The molecule has 0 N–H and O–H groups in total. The second kappa shape index (κ2) is 9.93. The monoisotopic (exact) mass is 556 g/mol. The number of rotatable bonds is 3. The van der Waals surface area contributed by atoms with Crippen molar-refractivity contribution in [3.8, 4) is 33.4 Å². The van der Waals surface area contributed by atoms with Crippen LogP contribution in [-0.2, 0) is 0 Å². The zero-order valence-electron chi connectivity index (χ0n) is 24.2. The van der Waals surface area contributed by atoms with Gasteiger partial charge in [-0.25, -0.2) is 0 Å². The Hall–Kier alpha value is -5.72. The lowest BCUT2D eigenvalue weighted by molar-refractivity contribution is 1.66. The number of hydrogen-bond donors (Lipinski definition) is 0. The summed E-state index contributed by atoms with van der Waals surface area (Å²) in [7, 11) is 0. The Morgan fingerprint density at radius 1 is 0.227 bits per heavy atom. The molecule has 0 radical (unpaired) electrons. The van der Waals surface area contributed by atoms with Gasteiger partial charge in [0.15, 0.2) is 0 Å². The van der Waals surface area contributed by atoms with Crippen LogP contribution in [0.25, 0.3) is 87.2 Å². The Bertz CT molecular complexity index is 2490. The molecule has 0 amide bonds. The maximum atomic E-state index is 2.38. The van der Waals surface area contributed by atoms with E-state index in [0.717, 1.165) is 0 Å². The second-order valence-corrected chi connectivity index (χ2v) is 11.7. The van der Waals surface area contributed by atoms with E-state index in [2.05, 4.69) is 170 Å². The number of hydrogen-bond acceptors (Lipinski definition) is 0. The quantitative estimate of drug-likeness (QED) is 0.190. The smallest absolute Gasteiger partial charge is 0.00201 e. The highest BCUT2D eigenvalue weighted by molar-refractivity contribution is 6.23.